The average molecular weight is 267 g/mol. The number of primary amides is 1. The van der Waals surface area contributed by atoms with Crippen LogP contribution in [-0.4, -0.2) is 26.6 Å². The number of amides is 1. The lowest BCUT2D eigenvalue weighted by molar-refractivity contribution is -0.121. The van der Waals surface area contributed by atoms with Crippen LogP contribution in [0.5, 0.6) is 0 Å². The van der Waals surface area contributed by atoms with Gasteiger partial charge in [-0.05, 0) is 33.3 Å². The van der Waals surface area contributed by atoms with Crippen molar-refractivity contribution in [3.05, 3.63) is 16.8 Å². The number of hydrogen-bond donors (Lipinski definition) is 3. The Kier molecular flexibility index (Phi) is 3.85. The summed E-state index contributed by atoms with van der Waals surface area (Å²) in [6.07, 6.45) is 0. The van der Waals surface area contributed by atoms with E-state index in [4.69, 9.17) is 23.7 Å². The van der Waals surface area contributed by atoms with E-state index in [0.717, 1.165) is 11.3 Å². The molecule has 0 unspecified atom stereocenters. The highest BCUT2D eigenvalue weighted by molar-refractivity contribution is 7.80. The van der Waals surface area contributed by atoms with Crippen molar-refractivity contribution in [2.24, 2.45) is 11.5 Å². The fourth-order valence-electron chi connectivity index (χ4n) is 1.36. The molecule has 1 amide bonds. The number of aryl methyl sites for hydroxylation is 1. The Balaban J connectivity index is 3.30. The number of nitrogens with two attached hydrogens (primary N) is 2. The van der Waals surface area contributed by atoms with Crippen molar-refractivity contribution in [3.8, 4) is 0 Å². The smallest absolute Gasteiger partial charge is 0.242 e. The number of anilines is 1. The number of hydrogen-bond acceptors (Lipinski definition) is 5. The number of nitrogens with one attached hydrogen (secondary N) is 1. The van der Waals surface area contributed by atoms with Crippen molar-refractivity contribution >= 4 is 28.9 Å². The molecule has 0 atom stereocenters. The van der Waals surface area contributed by atoms with Gasteiger partial charge in [0.2, 0.25) is 5.91 Å². The minimum atomic E-state index is -0.962. The molecule has 1 aromatic rings. The van der Waals surface area contributed by atoms with E-state index in [0.29, 0.717) is 11.4 Å². The molecule has 1 rings (SSSR count). The molecule has 0 aromatic carbocycles. The third-order valence-corrected chi connectivity index (χ3v) is 2.95. The molecular weight excluding hydrogens is 250 g/mol. The fourth-order valence-corrected chi connectivity index (χ4v) is 1.60. The summed E-state index contributed by atoms with van der Waals surface area (Å²) in [5, 5.41) is 10.9. The van der Waals surface area contributed by atoms with E-state index in [1.165, 1.54) is 0 Å². The largest absolute Gasteiger partial charge is 0.389 e. The van der Waals surface area contributed by atoms with Gasteiger partial charge in [-0.2, -0.15) is 5.10 Å². The van der Waals surface area contributed by atoms with Crippen molar-refractivity contribution in [3.63, 3.8) is 0 Å². The van der Waals surface area contributed by atoms with Crippen molar-refractivity contribution in [1.82, 2.24) is 10.2 Å². The van der Waals surface area contributed by atoms with Gasteiger partial charge in [-0.15, -0.1) is 5.10 Å². The number of nitrogens with zero attached hydrogens (tertiary/aromatic N) is 2. The first-order valence-corrected chi connectivity index (χ1v) is 5.79. The van der Waals surface area contributed by atoms with E-state index in [2.05, 4.69) is 15.5 Å². The number of carbonyl (C=O) groups is 1. The normalized spacial score (nSPS) is 11.1. The summed E-state index contributed by atoms with van der Waals surface area (Å²) in [5.74, 6) is -0.134. The van der Waals surface area contributed by atoms with Crippen molar-refractivity contribution in [1.29, 1.82) is 0 Å². The van der Waals surface area contributed by atoms with Crippen LogP contribution in [0.3, 0.4) is 0 Å². The van der Waals surface area contributed by atoms with Crippen LogP contribution in [-0.2, 0) is 4.79 Å². The molecule has 0 bridgehead atoms. The van der Waals surface area contributed by atoms with Crippen LogP contribution in [0.15, 0.2) is 0 Å². The second-order valence-corrected chi connectivity index (χ2v) is 5.05. The Hall–Kier alpha value is -1.76. The van der Waals surface area contributed by atoms with Gasteiger partial charge in [-0.1, -0.05) is 12.2 Å². The molecule has 0 spiro atoms. The molecule has 5 N–H and O–H groups in total. The Morgan fingerprint density at radius 3 is 2.28 bits per heavy atom. The van der Waals surface area contributed by atoms with Gasteiger partial charge in [0.25, 0.3) is 0 Å². The van der Waals surface area contributed by atoms with Gasteiger partial charge >= 0.3 is 0 Å². The SMILES string of the molecule is Cc1nnc(NC(C)(C)C(N)=O)c(C(N)=S)c1C. The second kappa shape index (κ2) is 4.85. The van der Waals surface area contributed by atoms with Gasteiger partial charge in [-0.25, -0.2) is 0 Å². The zero-order valence-corrected chi connectivity index (χ0v) is 11.7. The summed E-state index contributed by atoms with van der Waals surface area (Å²) < 4.78 is 0. The lowest BCUT2D eigenvalue weighted by Crippen LogP contribution is -2.45. The van der Waals surface area contributed by atoms with Gasteiger partial charge in [-0.3, -0.25) is 4.79 Å². The van der Waals surface area contributed by atoms with E-state index < -0.39 is 11.4 Å². The van der Waals surface area contributed by atoms with E-state index in [1.54, 1.807) is 13.8 Å². The van der Waals surface area contributed by atoms with Crippen LogP contribution in [0.4, 0.5) is 5.82 Å². The Morgan fingerprint density at radius 1 is 1.28 bits per heavy atom. The van der Waals surface area contributed by atoms with Crippen molar-refractivity contribution in [2.45, 2.75) is 33.2 Å². The Bertz CT molecular complexity index is 512. The topological polar surface area (TPSA) is 107 Å². The molecule has 0 aliphatic carbocycles. The first-order valence-electron chi connectivity index (χ1n) is 5.38. The monoisotopic (exact) mass is 267 g/mol. The van der Waals surface area contributed by atoms with Crippen LogP contribution in [0, 0.1) is 13.8 Å². The molecule has 0 saturated carbocycles. The third kappa shape index (κ3) is 2.73. The van der Waals surface area contributed by atoms with Crippen LogP contribution in [0.25, 0.3) is 0 Å². The second-order valence-electron chi connectivity index (χ2n) is 4.61. The highest BCUT2D eigenvalue weighted by Crippen LogP contribution is 2.21. The maximum absolute atomic E-state index is 11.3. The molecule has 0 saturated heterocycles. The molecule has 98 valence electrons. The molecule has 0 radical (unpaired) electrons. The first kappa shape index (κ1) is 14.3. The molecule has 0 aliphatic rings. The van der Waals surface area contributed by atoms with Crippen LogP contribution >= 0.6 is 12.2 Å². The van der Waals surface area contributed by atoms with E-state index in [9.17, 15) is 4.79 Å². The number of carbonyl (C=O) groups excluding carboxylic acids is 1. The summed E-state index contributed by atoms with van der Waals surface area (Å²) in [6, 6.07) is 0. The van der Waals surface area contributed by atoms with Crippen molar-refractivity contribution < 1.29 is 4.79 Å². The minimum Gasteiger partial charge on any atom is -0.389 e. The molecule has 0 fully saturated rings. The van der Waals surface area contributed by atoms with Gasteiger partial charge in [0.15, 0.2) is 5.82 Å². The molecule has 1 aromatic heterocycles. The average Bonchev–Trinajstić information content (AvgIpc) is 2.22. The summed E-state index contributed by atoms with van der Waals surface area (Å²) in [4.78, 5) is 11.5. The molecular formula is C11H17N5OS. The van der Waals surface area contributed by atoms with Gasteiger partial charge in [0, 0.05) is 0 Å². The van der Waals surface area contributed by atoms with Crippen molar-refractivity contribution in [2.75, 3.05) is 5.32 Å². The molecule has 18 heavy (non-hydrogen) atoms. The predicted molar refractivity (Wildman–Crippen MR) is 74.3 cm³/mol. The summed E-state index contributed by atoms with van der Waals surface area (Å²) >= 11 is 5.01. The van der Waals surface area contributed by atoms with Crippen LogP contribution < -0.4 is 16.8 Å². The Morgan fingerprint density at radius 2 is 1.83 bits per heavy atom. The van der Waals surface area contributed by atoms with E-state index in [-0.39, 0.29) is 4.99 Å². The van der Waals surface area contributed by atoms with Crippen LogP contribution in [0.1, 0.15) is 30.7 Å². The fraction of sp³-hybridized carbons (Fsp3) is 0.455. The van der Waals surface area contributed by atoms with E-state index >= 15 is 0 Å². The highest BCUT2D eigenvalue weighted by atomic mass is 32.1. The number of rotatable bonds is 4. The number of thiocarbonyl (C=S) groups is 1. The maximum atomic E-state index is 11.3. The van der Waals surface area contributed by atoms with E-state index in [1.807, 2.05) is 13.8 Å². The molecule has 7 heteroatoms. The predicted octanol–water partition coefficient (Wildman–Crippen LogP) is 0.403. The highest BCUT2D eigenvalue weighted by Gasteiger charge is 2.27. The Labute approximate surface area is 111 Å². The van der Waals surface area contributed by atoms with Crippen LogP contribution in [0.2, 0.25) is 0 Å². The molecule has 0 aliphatic heterocycles. The minimum absolute atomic E-state index is 0.202. The third-order valence-electron chi connectivity index (χ3n) is 2.75. The van der Waals surface area contributed by atoms with Gasteiger partial charge in [0.1, 0.15) is 10.5 Å². The quantitative estimate of drug-likeness (QED) is 0.682. The molecule has 1 heterocycles. The lowest BCUT2D eigenvalue weighted by Gasteiger charge is -2.24. The maximum Gasteiger partial charge on any atom is 0.242 e. The molecule has 6 nitrogen and oxygen atoms in total. The summed E-state index contributed by atoms with van der Waals surface area (Å²) in [7, 11) is 0. The lowest BCUT2D eigenvalue weighted by atomic mass is 10.0. The summed E-state index contributed by atoms with van der Waals surface area (Å²) in [5.41, 5.74) is 12.2. The first-order chi connectivity index (χ1) is 8.16. The zero-order valence-electron chi connectivity index (χ0n) is 10.9. The summed E-state index contributed by atoms with van der Waals surface area (Å²) in [6.45, 7) is 6.96. The number of aromatic nitrogens is 2. The zero-order chi connectivity index (χ0) is 14.1. The standard InChI is InChI=1S/C11H17N5OS/c1-5-6(2)15-16-9(7(5)8(12)18)14-11(3,4)10(13)17/h1-4H3,(H2,12,18)(H2,13,17)(H,14,16). The van der Waals surface area contributed by atoms with Gasteiger partial charge < -0.3 is 16.8 Å². The van der Waals surface area contributed by atoms with Gasteiger partial charge in [0.05, 0.1) is 11.3 Å².